The van der Waals surface area contributed by atoms with Gasteiger partial charge in [-0.15, -0.1) is 0 Å². The molecule has 0 unspecified atom stereocenters. The van der Waals surface area contributed by atoms with Gasteiger partial charge in [0.05, 0.1) is 29.7 Å². The van der Waals surface area contributed by atoms with E-state index >= 15 is 0 Å². The Balaban J connectivity index is 0.00000173. The lowest BCUT2D eigenvalue weighted by atomic mass is 9.65. The molecule has 1 saturated heterocycles. The second-order valence-electron chi connectivity index (χ2n) is 10.9. The van der Waals surface area contributed by atoms with Gasteiger partial charge in [-0.2, -0.15) is 0 Å². The van der Waals surface area contributed by atoms with Crippen LogP contribution >= 0.6 is 11.9 Å². The van der Waals surface area contributed by atoms with Crippen LogP contribution in [0.15, 0.2) is 59.5 Å². The number of benzene rings is 3. The van der Waals surface area contributed by atoms with Crippen molar-refractivity contribution in [1.29, 1.82) is 0 Å². The number of fused-ring (bicyclic) bond motifs is 2. The summed E-state index contributed by atoms with van der Waals surface area (Å²) in [6.07, 6.45) is 4.29. The predicted octanol–water partition coefficient (Wildman–Crippen LogP) is 7.56. The molecule has 0 bridgehead atoms. The molecule has 1 saturated carbocycles. The van der Waals surface area contributed by atoms with Gasteiger partial charge in [0.1, 0.15) is 29.2 Å². The molecule has 0 atom stereocenters. The summed E-state index contributed by atoms with van der Waals surface area (Å²) in [5.41, 5.74) is 2.79. The van der Waals surface area contributed by atoms with Gasteiger partial charge in [-0.05, 0) is 86.1 Å². The molecule has 9 heteroatoms. The zero-order chi connectivity index (χ0) is 29.9. The van der Waals surface area contributed by atoms with E-state index in [9.17, 15) is 13.6 Å². The molecule has 3 aromatic rings. The van der Waals surface area contributed by atoms with Crippen molar-refractivity contribution in [1.82, 2.24) is 4.90 Å². The summed E-state index contributed by atoms with van der Waals surface area (Å²) < 4.78 is 43.8. The van der Waals surface area contributed by atoms with Crippen LogP contribution in [0.4, 0.5) is 20.2 Å². The molecule has 2 aliphatic heterocycles. The van der Waals surface area contributed by atoms with Crippen molar-refractivity contribution in [2.45, 2.75) is 68.9 Å². The van der Waals surface area contributed by atoms with Crippen molar-refractivity contribution in [3.8, 4) is 11.5 Å². The molecular formula is C33H39F2N3O3S. The van der Waals surface area contributed by atoms with Crippen LogP contribution in [0, 0.1) is 11.6 Å². The fraction of sp³-hybridized carbons (Fsp3) is 0.424. The molecule has 0 radical (unpaired) electrons. The molecule has 1 N–H and O–H groups in total. The molecule has 1 spiro atoms. The maximum atomic E-state index is 14.3. The molecule has 6 rings (SSSR count). The first kappa shape index (κ1) is 30.2. The van der Waals surface area contributed by atoms with Gasteiger partial charge in [0.15, 0.2) is 0 Å². The number of anilines is 2. The highest BCUT2D eigenvalue weighted by Gasteiger charge is 2.55. The maximum absolute atomic E-state index is 14.3. The molecule has 224 valence electrons. The lowest BCUT2D eigenvalue weighted by Gasteiger charge is -2.37. The van der Waals surface area contributed by atoms with E-state index in [1.54, 1.807) is 7.11 Å². The Morgan fingerprint density at radius 1 is 1.02 bits per heavy atom. The molecule has 2 fully saturated rings. The Hall–Kier alpha value is -3.30. The number of carbonyl (C=O) groups is 1. The Morgan fingerprint density at radius 2 is 1.69 bits per heavy atom. The highest BCUT2D eigenvalue weighted by Crippen LogP contribution is 2.57. The molecule has 42 heavy (non-hydrogen) atoms. The van der Waals surface area contributed by atoms with E-state index in [4.69, 9.17) is 9.47 Å². The van der Waals surface area contributed by atoms with Crippen molar-refractivity contribution >= 4 is 29.2 Å². The lowest BCUT2D eigenvalue weighted by molar-refractivity contribution is -0.126. The third-order valence-electron chi connectivity index (χ3n) is 8.37. The fourth-order valence-corrected chi connectivity index (χ4v) is 6.59. The Bertz CT molecular complexity index is 1390. The van der Waals surface area contributed by atoms with Crippen LogP contribution in [0.2, 0.25) is 0 Å². The van der Waals surface area contributed by atoms with E-state index in [0.29, 0.717) is 18.0 Å². The first-order chi connectivity index (χ1) is 20.4. The Morgan fingerprint density at radius 3 is 2.29 bits per heavy atom. The van der Waals surface area contributed by atoms with Crippen LogP contribution in [0.1, 0.15) is 57.1 Å². The number of carbonyl (C=O) groups excluding carboxylic acids is 1. The number of amides is 1. The van der Waals surface area contributed by atoms with Gasteiger partial charge in [0.25, 0.3) is 0 Å². The minimum atomic E-state index is -0.627. The van der Waals surface area contributed by atoms with Gasteiger partial charge >= 0.3 is 0 Å². The molecule has 1 aliphatic carbocycles. The van der Waals surface area contributed by atoms with Crippen LogP contribution < -0.4 is 19.1 Å². The summed E-state index contributed by atoms with van der Waals surface area (Å²) in [6, 6.07) is 15.4. The van der Waals surface area contributed by atoms with E-state index in [1.165, 1.54) is 18.2 Å². The van der Waals surface area contributed by atoms with E-state index in [-0.39, 0.29) is 16.9 Å². The van der Waals surface area contributed by atoms with Crippen molar-refractivity contribution in [2.75, 3.05) is 36.9 Å². The quantitative estimate of drug-likeness (QED) is 0.271. The minimum absolute atomic E-state index is 0.0168. The number of piperidine rings is 1. The number of nitrogens with one attached hydrogen (secondary N) is 1. The number of nitrogens with zero attached hydrogens (tertiary/aromatic N) is 2. The molecule has 3 aliphatic rings. The number of halogens is 2. The third-order valence-corrected chi connectivity index (χ3v) is 9.30. The third kappa shape index (κ3) is 5.81. The molecular weight excluding hydrogens is 556 g/mol. The summed E-state index contributed by atoms with van der Waals surface area (Å²) in [4.78, 5) is 18.1. The topological polar surface area (TPSA) is 54.0 Å². The average Bonchev–Trinajstić information content (AvgIpc) is 3.23. The molecule has 1 amide bonds. The normalized spacial score (nSPS) is 17.8. The van der Waals surface area contributed by atoms with Crippen LogP contribution in [-0.2, 0) is 16.8 Å². The van der Waals surface area contributed by atoms with Crippen LogP contribution in [0.3, 0.4) is 0 Å². The van der Waals surface area contributed by atoms with Crippen LogP contribution in [-0.4, -0.2) is 44.2 Å². The number of hydrogen-bond donors (Lipinski definition) is 1. The number of rotatable bonds is 8. The number of methoxy groups -OCH3 is 1. The highest BCUT2D eigenvalue weighted by molar-refractivity contribution is 8.00. The number of likely N-dealkylation sites (tertiary alicyclic amines) is 1. The van der Waals surface area contributed by atoms with E-state index in [1.807, 2.05) is 55.1 Å². The zero-order valence-electron chi connectivity index (χ0n) is 24.7. The summed E-state index contributed by atoms with van der Waals surface area (Å²) >= 11 is 0.888. The van der Waals surface area contributed by atoms with E-state index < -0.39 is 17.0 Å². The second-order valence-corrected chi connectivity index (χ2v) is 11.7. The monoisotopic (exact) mass is 595 g/mol. The van der Waals surface area contributed by atoms with Gasteiger partial charge in [-0.25, -0.2) is 8.78 Å². The van der Waals surface area contributed by atoms with Gasteiger partial charge in [-0.1, -0.05) is 38.5 Å². The molecule has 2 heterocycles. The summed E-state index contributed by atoms with van der Waals surface area (Å²) in [5, 5.41) is 0. The summed E-state index contributed by atoms with van der Waals surface area (Å²) in [6.45, 7) is 6.29. The van der Waals surface area contributed by atoms with Crippen LogP contribution in [0.5, 0.6) is 11.5 Å². The Kier molecular flexibility index (Phi) is 9.28. The lowest BCUT2D eigenvalue weighted by Crippen LogP contribution is -2.44. The molecule has 0 aromatic heterocycles. The first-order valence-corrected chi connectivity index (χ1v) is 15.5. The van der Waals surface area contributed by atoms with Gasteiger partial charge < -0.3 is 24.0 Å². The van der Waals surface area contributed by atoms with Crippen molar-refractivity contribution in [3.63, 3.8) is 0 Å². The van der Waals surface area contributed by atoms with Gasteiger partial charge in [0.2, 0.25) is 5.91 Å². The standard InChI is InChI=1S/C31H33F2N3O3S.C2H6/c1-35-15-11-23(12-16-35)39-27-18-21(34-40-29-25(32)5-3-6-26(29)33)17-24-28(27)36(30(37)31(24)13-4-14-31)19-20-7-9-22(38-2)10-8-20;1-2/h3,5-10,17-18,23,34H,4,11-16,19H2,1-2H3;1-2H3. The second kappa shape index (κ2) is 12.9. The largest absolute Gasteiger partial charge is 0.497 e. The summed E-state index contributed by atoms with van der Waals surface area (Å²) in [5.74, 6) is 0.228. The summed E-state index contributed by atoms with van der Waals surface area (Å²) in [7, 11) is 3.74. The SMILES string of the molecule is CC.COc1ccc(CN2C(=O)C3(CCC3)c3cc(NSc4c(F)cccc4F)cc(OC4CCN(C)CC4)c32)cc1. The van der Waals surface area contributed by atoms with Crippen LogP contribution in [0.25, 0.3) is 0 Å². The predicted molar refractivity (Wildman–Crippen MR) is 164 cm³/mol. The fourth-order valence-electron chi connectivity index (χ4n) is 5.93. The van der Waals surface area contributed by atoms with Crippen molar-refractivity contribution in [2.24, 2.45) is 0 Å². The Labute approximate surface area is 251 Å². The molecule has 6 nitrogen and oxygen atoms in total. The van der Waals surface area contributed by atoms with Gasteiger partial charge in [0, 0.05) is 24.8 Å². The van der Waals surface area contributed by atoms with Crippen molar-refractivity contribution in [3.05, 3.63) is 77.4 Å². The van der Waals surface area contributed by atoms with Gasteiger partial charge in [-0.3, -0.25) is 4.79 Å². The van der Waals surface area contributed by atoms with E-state index in [0.717, 1.165) is 79.7 Å². The highest BCUT2D eigenvalue weighted by atomic mass is 32.2. The van der Waals surface area contributed by atoms with E-state index in [2.05, 4.69) is 16.7 Å². The number of ether oxygens (including phenoxy) is 2. The molecule has 3 aromatic carbocycles. The minimum Gasteiger partial charge on any atom is -0.497 e. The number of hydrogen-bond acceptors (Lipinski definition) is 6. The average molecular weight is 596 g/mol. The smallest absolute Gasteiger partial charge is 0.238 e. The zero-order valence-corrected chi connectivity index (χ0v) is 25.5. The first-order valence-electron chi connectivity index (χ1n) is 14.7. The maximum Gasteiger partial charge on any atom is 0.238 e. The van der Waals surface area contributed by atoms with Crippen molar-refractivity contribution < 1.29 is 23.0 Å².